The molecule has 0 unspecified atom stereocenters. The average Bonchev–Trinajstić information content (AvgIpc) is 2.92. The van der Waals surface area contributed by atoms with Gasteiger partial charge in [-0.15, -0.1) is 0 Å². The summed E-state index contributed by atoms with van der Waals surface area (Å²) in [6.07, 6.45) is 6.67. The van der Waals surface area contributed by atoms with Crippen LogP contribution in [0.2, 0.25) is 0 Å². The van der Waals surface area contributed by atoms with Gasteiger partial charge in [0.1, 0.15) is 0 Å². The van der Waals surface area contributed by atoms with E-state index in [1.54, 1.807) is 6.20 Å². The molecule has 213 valence electrons. The first-order valence-corrected chi connectivity index (χ1v) is 14.3. The monoisotopic (exact) mass is 714 g/mol. The van der Waals surface area contributed by atoms with Crippen LogP contribution in [0.5, 0.6) is 0 Å². The maximum absolute atomic E-state index is 11.7. The first-order valence-electron chi connectivity index (χ1n) is 14.3. The normalized spacial score (nSPS) is 13.6. The van der Waals surface area contributed by atoms with Crippen LogP contribution in [0.4, 0.5) is 0 Å². The van der Waals surface area contributed by atoms with Crippen molar-refractivity contribution in [2.75, 3.05) is 0 Å². The number of nitrogens with zero attached hydrogens (tertiary/aromatic N) is 2. The van der Waals surface area contributed by atoms with Crippen molar-refractivity contribution in [3.63, 3.8) is 0 Å². The van der Waals surface area contributed by atoms with E-state index in [1.807, 2.05) is 27.7 Å². The Bertz CT molecular complexity index is 1530. The summed E-state index contributed by atoms with van der Waals surface area (Å²) in [4.78, 5) is 21.2. The molecular formula is C35H41IrN2O2-. The summed E-state index contributed by atoms with van der Waals surface area (Å²) in [6, 6.07) is 18.5. The number of pyridine rings is 2. The Hall–Kier alpha value is -2.88. The number of carbonyl (C=O) groups excluding carboxylic acids is 1. The molecule has 40 heavy (non-hydrogen) atoms. The van der Waals surface area contributed by atoms with Crippen LogP contribution in [0.1, 0.15) is 83.9 Å². The fraction of sp³-hybridized carbons (Fsp3) is 0.400. The molecule has 1 aliphatic carbocycles. The largest absolute Gasteiger partial charge is 0.512 e. The third kappa shape index (κ3) is 6.06. The van der Waals surface area contributed by atoms with Crippen molar-refractivity contribution in [3.8, 4) is 11.3 Å². The van der Waals surface area contributed by atoms with Crippen molar-refractivity contribution in [3.05, 3.63) is 83.3 Å². The number of hydrogen-bond donors (Lipinski definition) is 1. The number of aliphatic hydroxyl groups excluding tert-OH is 1. The zero-order chi connectivity index (χ0) is 28.3. The number of benzene rings is 2. The van der Waals surface area contributed by atoms with Crippen LogP contribution >= 0.6 is 0 Å². The molecule has 4 nitrogen and oxygen atoms in total. The van der Waals surface area contributed by atoms with E-state index in [9.17, 15) is 9.90 Å². The molecule has 1 aliphatic rings. The molecule has 1 N–H and O–H groups in total. The molecule has 2 heterocycles. The van der Waals surface area contributed by atoms with Gasteiger partial charge in [-0.2, -0.15) is 11.6 Å². The van der Waals surface area contributed by atoms with Gasteiger partial charge in [-0.1, -0.05) is 87.9 Å². The quantitative estimate of drug-likeness (QED) is 0.118. The van der Waals surface area contributed by atoms with Gasteiger partial charge in [0.05, 0.1) is 11.3 Å². The molecule has 0 fully saturated rings. The predicted octanol–water partition coefficient (Wildman–Crippen LogP) is 9.07. The molecule has 0 bridgehead atoms. The number of carbonyl (C=O) groups is 1. The Labute approximate surface area is 252 Å². The number of aliphatic hydroxyl groups is 1. The Balaban J connectivity index is 0.000000243. The molecule has 0 aliphatic heterocycles. The van der Waals surface area contributed by atoms with Gasteiger partial charge >= 0.3 is 0 Å². The van der Waals surface area contributed by atoms with Crippen LogP contribution < -0.4 is 0 Å². The average molecular weight is 714 g/mol. The summed E-state index contributed by atoms with van der Waals surface area (Å²) >= 11 is 0. The second-order valence-corrected chi connectivity index (χ2v) is 11.2. The fourth-order valence-corrected chi connectivity index (χ4v) is 5.74. The molecule has 2 aromatic heterocycles. The van der Waals surface area contributed by atoms with E-state index in [4.69, 9.17) is 4.98 Å². The predicted molar refractivity (Wildman–Crippen MR) is 162 cm³/mol. The summed E-state index contributed by atoms with van der Waals surface area (Å²) < 4.78 is 0. The molecular weight excluding hydrogens is 673 g/mol. The summed E-state index contributed by atoms with van der Waals surface area (Å²) in [5.41, 5.74) is 7.90. The van der Waals surface area contributed by atoms with Gasteiger partial charge in [-0.05, 0) is 73.5 Å². The van der Waals surface area contributed by atoms with Crippen LogP contribution in [0.15, 0.2) is 60.5 Å². The van der Waals surface area contributed by atoms with Gasteiger partial charge in [0.2, 0.25) is 0 Å². The van der Waals surface area contributed by atoms with Crippen molar-refractivity contribution in [2.45, 2.75) is 79.6 Å². The van der Waals surface area contributed by atoms with Crippen LogP contribution in [0.25, 0.3) is 33.1 Å². The van der Waals surface area contributed by atoms with Gasteiger partial charge in [0, 0.05) is 43.5 Å². The Morgan fingerprint density at radius 2 is 1.62 bits per heavy atom. The minimum absolute atomic E-state index is 0. The Morgan fingerprint density at radius 3 is 2.27 bits per heavy atom. The van der Waals surface area contributed by atoms with Gasteiger partial charge in [-0.25, -0.2) is 0 Å². The summed E-state index contributed by atoms with van der Waals surface area (Å²) in [5, 5.41) is 12.2. The Morgan fingerprint density at radius 1 is 0.950 bits per heavy atom. The van der Waals surface area contributed by atoms with Crippen molar-refractivity contribution in [1.29, 1.82) is 0 Å². The number of allylic oxidation sites excluding steroid dienone is 2. The van der Waals surface area contributed by atoms with Crippen molar-refractivity contribution in [2.24, 2.45) is 11.8 Å². The van der Waals surface area contributed by atoms with Crippen molar-refractivity contribution in [1.82, 2.24) is 9.97 Å². The van der Waals surface area contributed by atoms with E-state index in [2.05, 4.69) is 74.3 Å². The van der Waals surface area contributed by atoms with E-state index in [0.29, 0.717) is 0 Å². The van der Waals surface area contributed by atoms with Crippen LogP contribution in [0, 0.1) is 24.8 Å². The standard InChI is InChI=1S/C22H17N2.C13H24O2.Ir/c1-13-7-8-18-14(11-13)12-17-21(24-18)15-9-10-23-19-6-4-5-16(20(15)19)22(17,2)3;1-5-10(6-2)12(14)9-13(15)11(7-3)8-4;/h4-8,10-12H,1-3H3;9-11,14H,5-8H2,1-4H3;/q-1;;/b;12-9-;. The van der Waals surface area contributed by atoms with Gasteiger partial charge < -0.3 is 10.1 Å². The molecule has 1 radical (unpaired) electrons. The van der Waals surface area contributed by atoms with E-state index in [1.165, 1.54) is 33.5 Å². The summed E-state index contributed by atoms with van der Waals surface area (Å²) in [7, 11) is 0. The first-order chi connectivity index (χ1) is 18.7. The number of aromatic nitrogens is 2. The Kier molecular flexibility index (Phi) is 10.4. The SMILES string of the molecule is CCC(CC)C(=O)/C=C(\O)C(CC)CC.Cc1ccc2nc3c(cc2c1)C(C)(C)c1cccc2nc[c-]c-3c12.[Ir]. The smallest absolute Gasteiger partial charge is 0.162 e. The van der Waals surface area contributed by atoms with Crippen LogP contribution in [-0.2, 0) is 30.3 Å². The number of ketones is 1. The summed E-state index contributed by atoms with van der Waals surface area (Å²) in [5.74, 6) is 0.547. The zero-order valence-corrected chi connectivity index (χ0v) is 27.2. The second-order valence-electron chi connectivity index (χ2n) is 11.2. The van der Waals surface area contributed by atoms with E-state index in [-0.39, 0.29) is 48.9 Å². The zero-order valence-electron chi connectivity index (χ0n) is 24.8. The molecule has 0 atom stereocenters. The number of hydrogen-bond acceptors (Lipinski definition) is 4. The second kappa shape index (κ2) is 13.2. The van der Waals surface area contributed by atoms with Crippen molar-refractivity contribution < 1.29 is 30.0 Å². The molecule has 4 aromatic rings. The molecule has 0 amide bonds. The van der Waals surface area contributed by atoms with Crippen LogP contribution in [-0.4, -0.2) is 20.9 Å². The van der Waals surface area contributed by atoms with E-state index >= 15 is 0 Å². The van der Waals surface area contributed by atoms with E-state index in [0.717, 1.165) is 48.0 Å². The van der Waals surface area contributed by atoms with Gasteiger partial charge in [0.25, 0.3) is 0 Å². The molecule has 0 saturated carbocycles. The number of aryl methyl sites for hydroxylation is 1. The van der Waals surface area contributed by atoms with Crippen LogP contribution in [0.3, 0.4) is 0 Å². The summed E-state index contributed by atoms with van der Waals surface area (Å²) in [6.45, 7) is 14.8. The topological polar surface area (TPSA) is 63.1 Å². The minimum atomic E-state index is -0.107. The molecule has 5 rings (SSSR count). The van der Waals surface area contributed by atoms with Gasteiger partial charge in [0.15, 0.2) is 5.78 Å². The third-order valence-electron chi connectivity index (χ3n) is 8.34. The molecule has 0 spiro atoms. The number of rotatable bonds is 7. The maximum Gasteiger partial charge on any atom is 0.162 e. The minimum Gasteiger partial charge on any atom is -0.512 e. The fourth-order valence-electron chi connectivity index (χ4n) is 5.74. The van der Waals surface area contributed by atoms with E-state index < -0.39 is 0 Å². The molecule has 2 aromatic carbocycles. The molecule has 0 saturated heterocycles. The molecule has 5 heteroatoms. The first kappa shape index (κ1) is 31.6. The maximum atomic E-state index is 11.7. The number of fused-ring (bicyclic) bond motifs is 3. The van der Waals surface area contributed by atoms with Gasteiger partial charge in [-0.3, -0.25) is 9.78 Å². The van der Waals surface area contributed by atoms with Crippen molar-refractivity contribution >= 4 is 27.6 Å². The third-order valence-corrected chi connectivity index (χ3v) is 8.34.